The van der Waals surface area contributed by atoms with Crippen molar-refractivity contribution in [3.8, 4) is 22.7 Å². The van der Waals surface area contributed by atoms with E-state index in [0.717, 1.165) is 16.8 Å². The molecule has 0 atom stereocenters. The van der Waals surface area contributed by atoms with E-state index in [-0.39, 0.29) is 0 Å². The molecule has 2 aromatic heterocycles. The van der Waals surface area contributed by atoms with Crippen LogP contribution in [0.5, 0.6) is 5.75 Å². The van der Waals surface area contributed by atoms with Gasteiger partial charge in [0.05, 0.1) is 5.69 Å². The summed E-state index contributed by atoms with van der Waals surface area (Å²) in [6, 6.07) is 20.7. The van der Waals surface area contributed by atoms with E-state index < -0.39 is 5.97 Å². The van der Waals surface area contributed by atoms with Crippen molar-refractivity contribution in [1.82, 2.24) is 14.8 Å². The van der Waals surface area contributed by atoms with Crippen LogP contribution in [0.4, 0.5) is 0 Å². The van der Waals surface area contributed by atoms with Crippen LogP contribution >= 0.6 is 0 Å². The average molecular weight is 355 g/mol. The van der Waals surface area contributed by atoms with Crippen LogP contribution in [0.2, 0.25) is 0 Å². The molecule has 0 radical (unpaired) electrons. The van der Waals surface area contributed by atoms with Gasteiger partial charge in [0.2, 0.25) is 0 Å². The topological polar surface area (TPSA) is 57.0 Å². The zero-order valence-corrected chi connectivity index (χ0v) is 14.7. The predicted molar refractivity (Wildman–Crippen MR) is 103 cm³/mol. The predicted octanol–water partition coefficient (Wildman–Crippen LogP) is 4.46. The number of benzene rings is 2. The highest BCUT2D eigenvalue weighted by atomic mass is 16.5. The zero-order valence-electron chi connectivity index (χ0n) is 14.7. The summed E-state index contributed by atoms with van der Waals surface area (Å²) < 4.78 is 7.23. The van der Waals surface area contributed by atoms with E-state index in [1.165, 1.54) is 0 Å². The second-order valence-electron chi connectivity index (χ2n) is 6.12. The number of aryl methyl sites for hydroxylation is 1. The summed E-state index contributed by atoms with van der Waals surface area (Å²) in [6.45, 7) is 1.98. The van der Waals surface area contributed by atoms with Crippen molar-refractivity contribution in [3.63, 3.8) is 0 Å². The van der Waals surface area contributed by atoms with Gasteiger partial charge in [-0.1, -0.05) is 35.9 Å². The highest BCUT2D eigenvalue weighted by Crippen LogP contribution is 2.24. The Bertz CT molecular complexity index is 1060. The van der Waals surface area contributed by atoms with Crippen molar-refractivity contribution in [3.05, 3.63) is 96.4 Å². The molecule has 0 aliphatic heterocycles. The molecule has 4 aromatic rings. The molecule has 5 nitrogen and oxygen atoms in total. The molecule has 4 rings (SSSR count). The number of nitrogens with zero attached hydrogens (tertiary/aromatic N) is 3. The molecule has 0 saturated carbocycles. The van der Waals surface area contributed by atoms with Gasteiger partial charge in [0.15, 0.2) is 0 Å². The van der Waals surface area contributed by atoms with E-state index in [0.29, 0.717) is 17.0 Å². The van der Waals surface area contributed by atoms with Crippen LogP contribution in [0.3, 0.4) is 0 Å². The fraction of sp³-hybridized carbons (Fsp3) is 0.0455. The Morgan fingerprint density at radius 2 is 1.74 bits per heavy atom. The summed E-state index contributed by atoms with van der Waals surface area (Å²) in [5.41, 5.74) is 3.62. The van der Waals surface area contributed by atoms with Gasteiger partial charge >= 0.3 is 5.97 Å². The Hall–Kier alpha value is -3.73. The Morgan fingerprint density at radius 1 is 0.963 bits per heavy atom. The number of hydrogen-bond donors (Lipinski definition) is 0. The minimum atomic E-state index is -0.458. The van der Waals surface area contributed by atoms with Gasteiger partial charge in [-0.2, -0.15) is 5.10 Å². The van der Waals surface area contributed by atoms with E-state index >= 15 is 0 Å². The van der Waals surface area contributed by atoms with Gasteiger partial charge in [0.1, 0.15) is 17.0 Å². The van der Waals surface area contributed by atoms with Gasteiger partial charge in [-0.05, 0) is 43.3 Å². The first-order valence-electron chi connectivity index (χ1n) is 8.55. The van der Waals surface area contributed by atoms with E-state index in [1.807, 2.05) is 61.5 Å². The molecule has 0 aliphatic carbocycles. The van der Waals surface area contributed by atoms with Crippen LogP contribution in [0.1, 0.15) is 15.9 Å². The van der Waals surface area contributed by atoms with Crippen molar-refractivity contribution in [2.45, 2.75) is 6.92 Å². The van der Waals surface area contributed by atoms with Crippen molar-refractivity contribution in [1.29, 1.82) is 0 Å². The summed E-state index contributed by atoms with van der Waals surface area (Å²) in [7, 11) is 0. The lowest BCUT2D eigenvalue weighted by Crippen LogP contribution is -2.09. The van der Waals surface area contributed by atoms with Crippen LogP contribution in [-0.2, 0) is 0 Å². The molecule has 0 N–H and O–H groups in total. The monoisotopic (exact) mass is 355 g/mol. The summed E-state index contributed by atoms with van der Waals surface area (Å²) >= 11 is 0. The van der Waals surface area contributed by atoms with Crippen LogP contribution < -0.4 is 4.74 Å². The lowest BCUT2D eigenvalue weighted by molar-refractivity contribution is 0.0735. The maximum absolute atomic E-state index is 12.8. The number of para-hydroxylation sites is 1. The first-order valence-corrected chi connectivity index (χ1v) is 8.55. The number of pyridine rings is 1. The number of esters is 1. The number of ether oxygens (including phenoxy) is 1. The largest absolute Gasteiger partial charge is 0.423 e. The molecule has 2 heterocycles. The number of carbonyl (C=O) groups is 1. The Balaban J connectivity index is 1.74. The van der Waals surface area contributed by atoms with Crippen LogP contribution in [0, 0.1) is 6.92 Å². The molecule has 27 heavy (non-hydrogen) atoms. The molecule has 0 aliphatic rings. The number of carbonyl (C=O) groups excluding carboxylic acids is 1. The molecule has 0 bridgehead atoms. The first kappa shape index (κ1) is 16.7. The Kier molecular flexibility index (Phi) is 4.49. The van der Waals surface area contributed by atoms with Gasteiger partial charge in [0, 0.05) is 24.2 Å². The maximum atomic E-state index is 12.8. The lowest BCUT2D eigenvalue weighted by atomic mass is 10.1. The fourth-order valence-corrected chi connectivity index (χ4v) is 2.72. The summed E-state index contributed by atoms with van der Waals surface area (Å²) in [5.74, 6) is 0.0371. The normalized spacial score (nSPS) is 10.6. The molecule has 0 fully saturated rings. The number of aromatic nitrogens is 3. The number of hydrogen-bond acceptors (Lipinski definition) is 4. The molecule has 5 heteroatoms. The summed E-state index contributed by atoms with van der Waals surface area (Å²) in [4.78, 5) is 17.0. The van der Waals surface area contributed by atoms with Crippen LogP contribution in [0.15, 0.2) is 85.3 Å². The van der Waals surface area contributed by atoms with E-state index in [9.17, 15) is 4.79 Å². The average Bonchev–Trinajstić information content (AvgIpc) is 3.17. The minimum Gasteiger partial charge on any atom is -0.423 e. The van der Waals surface area contributed by atoms with Crippen molar-refractivity contribution >= 4 is 5.97 Å². The maximum Gasteiger partial charge on any atom is 0.347 e. The fourth-order valence-electron chi connectivity index (χ4n) is 2.72. The zero-order chi connectivity index (χ0) is 18.6. The van der Waals surface area contributed by atoms with Gasteiger partial charge < -0.3 is 4.74 Å². The van der Waals surface area contributed by atoms with Gasteiger partial charge in [-0.15, -0.1) is 0 Å². The van der Waals surface area contributed by atoms with Gasteiger partial charge in [-0.3, -0.25) is 4.98 Å². The van der Waals surface area contributed by atoms with E-state index in [2.05, 4.69) is 10.1 Å². The lowest BCUT2D eigenvalue weighted by Gasteiger charge is -2.04. The smallest absolute Gasteiger partial charge is 0.347 e. The van der Waals surface area contributed by atoms with Crippen molar-refractivity contribution in [2.75, 3.05) is 0 Å². The second-order valence-corrected chi connectivity index (χ2v) is 6.12. The third kappa shape index (κ3) is 3.62. The summed E-state index contributed by atoms with van der Waals surface area (Å²) in [6.07, 6.45) is 5.05. The second kappa shape index (κ2) is 7.25. The molecule has 132 valence electrons. The molecule has 2 aromatic carbocycles. The van der Waals surface area contributed by atoms with Gasteiger partial charge in [0.25, 0.3) is 0 Å². The van der Waals surface area contributed by atoms with Crippen molar-refractivity contribution < 1.29 is 9.53 Å². The SMILES string of the molecule is Cc1ccc(OC(=O)c2cn(-c3ccccc3)nc2-c2cccnc2)cc1. The highest BCUT2D eigenvalue weighted by Gasteiger charge is 2.20. The highest BCUT2D eigenvalue weighted by molar-refractivity contribution is 5.97. The van der Waals surface area contributed by atoms with Crippen molar-refractivity contribution in [2.24, 2.45) is 0 Å². The third-order valence-corrected chi connectivity index (χ3v) is 4.12. The molecular weight excluding hydrogens is 338 g/mol. The Morgan fingerprint density at radius 3 is 2.44 bits per heavy atom. The van der Waals surface area contributed by atoms with Crippen LogP contribution in [-0.4, -0.2) is 20.7 Å². The molecule has 0 saturated heterocycles. The third-order valence-electron chi connectivity index (χ3n) is 4.12. The van der Waals surface area contributed by atoms with E-state index in [4.69, 9.17) is 4.74 Å². The molecule has 0 unspecified atom stereocenters. The minimum absolute atomic E-state index is 0.382. The first-order chi connectivity index (χ1) is 13.2. The molecule has 0 spiro atoms. The Labute approximate surface area is 156 Å². The van der Waals surface area contributed by atoms with Crippen LogP contribution in [0.25, 0.3) is 16.9 Å². The van der Waals surface area contributed by atoms with Gasteiger partial charge in [-0.25, -0.2) is 9.48 Å². The standard InChI is InChI=1S/C22H17N3O2/c1-16-9-11-19(12-10-16)27-22(26)20-15-25(18-7-3-2-4-8-18)24-21(20)17-6-5-13-23-14-17/h2-15H,1H3. The quantitative estimate of drug-likeness (QED) is 0.400. The number of rotatable bonds is 4. The summed E-state index contributed by atoms with van der Waals surface area (Å²) in [5, 5.41) is 4.60. The molecule has 0 amide bonds. The molecular formula is C22H17N3O2. The van der Waals surface area contributed by atoms with E-state index in [1.54, 1.807) is 35.4 Å².